The van der Waals surface area contributed by atoms with Crippen molar-refractivity contribution in [1.29, 1.82) is 0 Å². The average Bonchev–Trinajstić information content (AvgIpc) is 2.68. The maximum absolute atomic E-state index is 4.79. The van der Waals surface area contributed by atoms with Gasteiger partial charge in [-0.1, -0.05) is 29.8 Å². The van der Waals surface area contributed by atoms with Gasteiger partial charge in [-0.25, -0.2) is 4.98 Å². The Morgan fingerprint density at radius 2 is 2.07 bits per heavy atom. The van der Waals surface area contributed by atoms with Gasteiger partial charge in [-0.3, -0.25) is 0 Å². The zero-order chi connectivity index (χ0) is 10.7. The van der Waals surface area contributed by atoms with Crippen LogP contribution in [0.3, 0.4) is 0 Å². The van der Waals surface area contributed by atoms with Crippen molar-refractivity contribution in [1.82, 2.24) is 4.98 Å². The van der Waals surface area contributed by atoms with E-state index < -0.39 is 0 Å². The van der Waals surface area contributed by atoms with Gasteiger partial charge in [0.2, 0.25) is 0 Å². The van der Waals surface area contributed by atoms with Crippen LogP contribution < -0.4 is 0 Å². The molecule has 0 fully saturated rings. The highest BCUT2D eigenvalue weighted by Gasteiger charge is 2.03. The van der Waals surface area contributed by atoms with E-state index in [1.54, 1.807) is 11.3 Å². The first kappa shape index (κ1) is 10.3. The normalized spacial score (nSPS) is 10.5. The average molecular weight is 218 g/mol. The molecule has 3 heteroatoms. The molecule has 0 atom stereocenters. The van der Waals surface area contributed by atoms with Crippen LogP contribution in [0.25, 0.3) is 10.6 Å². The summed E-state index contributed by atoms with van der Waals surface area (Å²) in [6.45, 7) is 2.55. The van der Waals surface area contributed by atoms with Crippen LogP contribution in [0.4, 0.5) is 0 Å². The highest BCUT2D eigenvalue weighted by molar-refractivity contribution is 7.13. The van der Waals surface area contributed by atoms with Crippen LogP contribution in [0.15, 0.2) is 29.6 Å². The van der Waals surface area contributed by atoms with Gasteiger partial charge in [-0.05, 0) is 6.92 Å². The van der Waals surface area contributed by atoms with Crippen LogP contribution >= 0.6 is 11.3 Å². The van der Waals surface area contributed by atoms with Crippen molar-refractivity contribution >= 4 is 11.3 Å². The van der Waals surface area contributed by atoms with E-state index in [4.69, 9.17) is 4.74 Å². The van der Waals surface area contributed by atoms with Crippen molar-refractivity contribution in [2.75, 3.05) is 0 Å². The number of thiazole rings is 1. The van der Waals surface area contributed by atoms with Gasteiger partial charge in [0, 0.05) is 10.9 Å². The fourth-order valence-corrected chi connectivity index (χ4v) is 2.12. The molecule has 0 saturated heterocycles. The highest BCUT2D eigenvalue weighted by atomic mass is 32.1. The molecule has 1 radical (unpaired) electrons. The third-order valence-corrected chi connectivity index (χ3v) is 3.04. The molecule has 0 saturated carbocycles. The van der Waals surface area contributed by atoms with E-state index in [1.165, 1.54) is 5.56 Å². The first-order valence-corrected chi connectivity index (χ1v) is 5.56. The Bertz CT molecular complexity index is 433. The number of ether oxygens (including phenoxy) is 1. The van der Waals surface area contributed by atoms with E-state index in [9.17, 15) is 0 Å². The predicted octanol–water partition coefficient (Wildman–Crippen LogP) is 3.43. The number of aryl methyl sites for hydroxylation is 1. The summed E-state index contributed by atoms with van der Waals surface area (Å²) in [5.41, 5.74) is 3.35. The molecule has 0 bridgehead atoms. The van der Waals surface area contributed by atoms with Crippen LogP contribution in [-0.4, -0.2) is 4.98 Å². The Kier molecular flexibility index (Phi) is 3.14. The molecule has 1 heterocycles. The number of hydrogen-bond acceptors (Lipinski definition) is 3. The zero-order valence-corrected chi connectivity index (χ0v) is 9.38. The monoisotopic (exact) mass is 218 g/mol. The molecule has 2 aromatic rings. The first-order valence-electron chi connectivity index (χ1n) is 4.68. The van der Waals surface area contributed by atoms with E-state index in [1.807, 2.05) is 5.38 Å². The minimum Gasteiger partial charge on any atom is -0.373 e. The Morgan fingerprint density at radius 3 is 2.73 bits per heavy atom. The number of aromatic nitrogens is 1. The van der Waals surface area contributed by atoms with E-state index >= 15 is 0 Å². The van der Waals surface area contributed by atoms with Gasteiger partial charge in [0.1, 0.15) is 5.01 Å². The van der Waals surface area contributed by atoms with Crippen molar-refractivity contribution < 1.29 is 4.74 Å². The smallest absolute Gasteiger partial charge is 0.123 e. The van der Waals surface area contributed by atoms with Crippen LogP contribution in [0, 0.1) is 14.0 Å². The second-order valence-electron chi connectivity index (χ2n) is 3.36. The summed E-state index contributed by atoms with van der Waals surface area (Å²) in [5.74, 6) is 0. The van der Waals surface area contributed by atoms with E-state index in [2.05, 4.69) is 43.3 Å². The summed E-state index contributed by atoms with van der Waals surface area (Å²) in [6, 6.07) is 8.36. The third kappa shape index (κ3) is 2.43. The molecule has 0 aliphatic heterocycles. The Balaban J connectivity index is 2.25. The summed E-state index contributed by atoms with van der Waals surface area (Å²) >= 11 is 1.63. The van der Waals surface area contributed by atoms with Gasteiger partial charge in [0.05, 0.1) is 19.4 Å². The lowest BCUT2D eigenvalue weighted by atomic mass is 10.2. The molecule has 0 amide bonds. The first-order chi connectivity index (χ1) is 7.29. The van der Waals surface area contributed by atoms with E-state index in [-0.39, 0.29) is 0 Å². The molecule has 1 aromatic carbocycles. The van der Waals surface area contributed by atoms with Crippen molar-refractivity contribution in [2.24, 2.45) is 0 Å². The zero-order valence-electron chi connectivity index (χ0n) is 8.56. The molecule has 2 rings (SSSR count). The molecule has 1 aromatic heterocycles. The number of hydrogen-bond donors (Lipinski definition) is 0. The van der Waals surface area contributed by atoms with Gasteiger partial charge in [-0.15, -0.1) is 11.3 Å². The van der Waals surface area contributed by atoms with Crippen molar-refractivity contribution in [2.45, 2.75) is 13.5 Å². The second-order valence-corrected chi connectivity index (χ2v) is 4.22. The van der Waals surface area contributed by atoms with Crippen LogP contribution in [0.2, 0.25) is 0 Å². The molecule has 77 valence electrons. The van der Waals surface area contributed by atoms with Crippen molar-refractivity contribution in [3.05, 3.63) is 48.0 Å². The Hall–Kier alpha value is -1.19. The maximum Gasteiger partial charge on any atom is 0.123 e. The number of nitrogens with zero attached hydrogens (tertiary/aromatic N) is 1. The van der Waals surface area contributed by atoms with Gasteiger partial charge in [-0.2, -0.15) is 0 Å². The molecular formula is C12H12NOS. The van der Waals surface area contributed by atoms with E-state index in [0.717, 1.165) is 16.3 Å². The van der Waals surface area contributed by atoms with Crippen LogP contribution in [-0.2, 0) is 11.3 Å². The minimum atomic E-state index is 0.475. The standard InChI is InChI=1S/C12H12NOS/c1-9-3-5-10(6-4-9)12-13-11(7-14-2)8-15-12/h3-6,8H,2,7H2,1H3. The summed E-state index contributed by atoms with van der Waals surface area (Å²) in [6.07, 6.45) is 0. The van der Waals surface area contributed by atoms with Crippen molar-refractivity contribution in [3.8, 4) is 10.6 Å². The summed E-state index contributed by atoms with van der Waals surface area (Å²) in [5, 5.41) is 3.03. The lowest BCUT2D eigenvalue weighted by molar-refractivity contribution is 0.225. The number of benzene rings is 1. The lowest BCUT2D eigenvalue weighted by Gasteiger charge is -1.96. The highest BCUT2D eigenvalue weighted by Crippen LogP contribution is 2.24. The fraction of sp³-hybridized carbons (Fsp3) is 0.167. The van der Waals surface area contributed by atoms with E-state index in [0.29, 0.717) is 6.61 Å². The molecule has 2 nitrogen and oxygen atoms in total. The van der Waals surface area contributed by atoms with Gasteiger partial charge in [0.25, 0.3) is 0 Å². The van der Waals surface area contributed by atoms with Crippen LogP contribution in [0.5, 0.6) is 0 Å². The quantitative estimate of drug-likeness (QED) is 0.787. The summed E-state index contributed by atoms with van der Waals surface area (Å²) in [7, 11) is 3.34. The molecule has 0 aliphatic rings. The van der Waals surface area contributed by atoms with Crippen molar-refractivity contribution in [3.63, 3.8) is 0 Å². The molecular weight excluding hydrogens is 206 g/mol. The molecule has 0 N–H and O–H groups in total. The summed E-state index contributed by atoms with van der Waals surface area (Å²) in [4.78, 5) is 4.45. The molecule has 0 unspecified atom stereocenters. The van der Waals surface area contributed by atoms with Crippen LogP contribution in [0.1, 0.15) is 11.3 Å². The molecule has 0 spiro atoms. The lowest BCUT2D eigenvalue weighted by Crippen LogP contribution is -1.85. The third-order valence-electron chi connectivity index (χ3n) is 2.10. The Labute approximate surface area is 93.6 Å². The van der Waals surface area contributed by atoms with Gasteiger partial charge >= 0.3 is 0 Å². The Morgan fingerprint density at radius 1 is 1.33 bits per heavy atom. The largest absolute Gasteiger partial charge is 0.373 e. The topological polar surface area (TPSA) is 22.1 Å². The molecule has 0 aliphatic carbocycles. The minimum absolute atomic E-state index is 0.475. The van der Waals surface area contributed by atoms with Gasteiger partial charge in [0.15, 0.2) is 0 Å². The maximum atomic E-state index is 4.79. The number of rotatable bonds is 3. The predicted molar refractivity (Wildman–Crippen MR) is 62.4 cm³/mol. The SMILES string of the molecule is [CH2]OCc1csc(-c2ccc(C)cc2)n1. The fourth-order valence-electron chi connectivity index (χ4n) is 1.31. The summed E-state index contributed by atoms with van der Waals surface area (Å²) < 4.78 is 4.79. The molecule has 15 heavy (non-hydrogen) atoms. The second kappa shape index (κ2) is 4.55. The van der Waals surface area contributed by atoms with Gasteiger partial charge < -0.3 is 4.74 Å².